The molecule has 0 amide bonds. The van der Waals surface area contributed by atoms with Gasteiger partial charge in [-0.3, -0.25) is 0 Å². The molecule has 1 unspecified atom stereocenters. The zero-order valence-electron chi connectivity index (χ0n) is 15.0. The van der Waals surface area contributed by atoms with Gasteiger partial charge in [-0.2, -0.15) is 0 Å². The van der Waals surface area contributed by atoms with Crippen LogP contribution in [0.3, 0.4) is 0 Å². The van der Waals surface area contributed by atoms with Crippen molar-refractivity contribution in [2.45, 2.75) is 109 Å². The Morgan fingerprint density at radius 3 is 1.36 bits per heavy atom. The molecule has 127 valence electrons. The summed E-state index contributed by atoms with van der Waals surface area (Å²) in [5, 5.41) is 17.7. The molecule has 0 aromatic carbocycles. The molecule has 22 heavy (non-hydrogen) atoms. The zero-order valence-corrected chi connectivity index (χ0v) is 17.0. The first-order valence-corrected chi connectivity index (χ1v) is 9.09. The number of carboxylic acid groups (broad SMARTS) is 1. The van der Waals surface area contributed by atoms with Gasteiger partial charge in [-0.15, -0.1) is 0 Å². The quantitative estimate of drug-likeness (QED) is 0.313. The van der Waals surface area contributed by atoms with Gasteiger partial charge in [0, 0.05) is 29.6 Å². The van der Waals surface area contributed by atoms with Crippen molar-refractivity contribution in [3.8, 4) is 0 Å². The molecule has 3 nitrogen and oxygen atoms in total. The molecule has 0 saturated heterocycles. The molecule has 0 fully saturated rings. The van der Waals surface area contributed by atoms with E-state index in [1.807, 2.05) is 0 Å². The van der Waals surface area contributed by atoms with Crippen LogP contribution in [0, 0.1) is 0 Å². The first-order valence-electron chi connectivity index (χ1n) is 9.09. The summed E-state index contributed by atoms with van der Waals surface area (Å²) in [7, 11) is 0. The van der Waals surface area contributed by atoms with E-state index in [1.54, 1.807) is 0 Å². The number of carboxylic acids is 1. The fraction of sp³-hybridized carbons (Fsp3) is 0.944. The van der Waals surface area contributed by atoms with Gasteiger partial charge in [0.25, 0.3) is 0 Å². The van der Waals surface area contributed by atoms with Crippen molar-refractivity contribution in [2.75, 3.05) is 0 Å². The molecule has 0 aliphatic rings. The number of aliphatic hydroxyl groups excluding tert-OH is 1. The fourth-order valence-corrected chi connectivity index (χ4v) is 2.66. The van der Waals surface area contributed by atoms with Crippen LogP contribution in [0.25, 0.3) is 0 Å². The maximum Gasteiger partial charge on any atom is 0.332 e. The third-order valence-electron chi connectivity index (χ3n) is 4.12. The smallest absolute Gasteiger partial charge is 0.332 e. The predicted molar refractivity (Wildman–Crippen MR) is 94.3 cm³/mol. The summed E-state index contributed by atoms with van der Waals surface area (Å²) in [6.45, 7) is 2.26. The van der Waals surface area contributed by atoms with Crippen LogP contribution in [0.15, 0.2) is 0 Å². The Bertz CT molecular complexity index is 234. The first-order chi connectivity index (χ1) is 10.2. The molecule has 0 aromatic heterocycles. The van der Waals surface area contributed by atoms with Gasteiger partial charge in [-0.25, -0.2) is 4.79 Å². The van der Waals surface area contributed by atoms with E-state index in [0.29, 0.717) is 6.42 Å². The van der Waals surface area contributed by atoms with Crippen LogP contribution in [0.5, 0.6) is 0 Å². The second-order valence-corrected chi connectivity index (χ2v) is 6.24. The van der Waals surface area contributed by atoms with Crippen molar-refractivity contribution in [2.24, 2.45) is 0 Å². The van der Waals surface area contributed by atoms with Gasteiger partial charge in [-0.1, -0.05) is 96.8 Å². The van der Waals surface area contributed by atoms with Crippen LogP contribution in [-0.4, -0.2) is 51.8 Å². The molecule has 0 saturated carbocycles. The Kier molecular flexibility index (Phi) is 21.8. The second kappa shape index (κ2) is 19.5. The summed E-state index contributed by atoms with van der Waals surface area (Å²) in [5.74, 6) is -1.09. The number of aliphatic carboxylic acids is 1. The summed E-state index contributed by atoms with van der Waals surface area (Å²) in [6.07, 6.45) is 17.3. The largest absolute Gasteiger partial charge is 0.479 e. The average molecular weight is 323 g/mol. The maximum atomic E-state index is 10.4. The molecule has 1 radical (unpaired) electrons. The van der Waals surface area contributed by atoms with Crippen molar-refractivity contribution < 1.29 is 15.0 Å². The van der Waals surface area contributed by atoms with Crippen LogP contribution >= 0.6 is 0 Å². The number of unbranched alkanes of at least 4 members (excludes halogenated alkanes) is 13. The summed E-state index contributed by atoms with van der Waals surface area (Å²) in [6, 6.07) is 0. The first kappa shape index (κ1) is 24.7. The van der Waals surface area contributed by atoms with Crippen molar-refractivity contribution in [1.29, 1.82) is 0 Å². The van der Waals surface area contributed by atoms with Crippen molar-refractivity contribution >= 4 is 35.5 Å². The average Bonchev–Trinajstić information content (AvgIpc) is 2.47. The minimum atomic E-state index is -1.16. The molecule has 0 aromatic rings. The standard InChI is InChI=1S/C18H36O3.Na/c1-2-3-4-5-6-7-8-9-10-11-12-13-14-15-16-17(19)18(20)21;/h17,19H,2-16H2,1H3,(H,20,21);. The van der Waals surface area contributed by atoms with Crippen molar-refractivity contribution in [3.63, 3.8) is 0 Å². The van der Waals surface area contributed by atoms with E-state index in [1.165, 1.54) is 77.0 Å². The van der Waals surface area contributed by atoms with Crippen molar-refractivity contribution in [1.82, 2.24) is 0 Å². The van der Waals surface area contributed by atoms with E-state index >= 15 is 0 Å². The second-order valence-electron chi connectivity index (χ2n) is 6.24. The number of aliphatic hydroxyl groups is 1. The van der Waals surface area contributed by atoms with E-state index in [4.69, 9.17) is 10.2 Å². The maximum absolute atomic E-state index is 10.4. The Balaban J connectivity index is 0. The zero-order chi connectivity index (χ0) is 15.8. The molecule has 0 bridgehead atoms. The molecule has 0 rings (SSSR count). The number of hydrogen-bond acceptors (Lipinski definition) is 2. The van der Waals surface area contributed by atoms with E-state index < -0.39 is 12.1 Å². The molecule has 1 atom stereocenters. The molecule has 0 aliphatic heterocycles. The number of hydrogen-bond donors (Lipinski definition) is 2. The summed E-state index contributed by atoms with van der Waals surface area (Å²) >= 11 is 0. The molecule has 0 heterocycles. The number of rotatable bonds is 16. The third kappa shape index (κ3) is 18.5. The molecule has 0 spiro atoms. The van der Waals surface area contributed by atoms with Crippen LogP contribution in [0.4, 0.5) is 0 Å². The normalized spacial score (nSPS) is 11.9. The molecule has 0 aliphatic carbocycles. The Morgan fingerprint density at radius 2 is 1.05 bits per heavy atom. The van der Waals surface area contributed by atoms with Gasteiger partial charge in [0.15, 0.2) is 6.10 Å². The van der Waals surface area contributed by atoms with Gasteiger partial charge in [0.05, 0.1) is 0 Å². The number of carbonyl (C=O) groups is 1. The molecular weight excluding hydrogens is 287 g/mol. The summed E-state index contributed by atoms with van der Waals surface area (Å²) < 4.78 is 0. The third-order valence-corrected chi connectivity index (χ3v) is 4.12. The van der Waals surface area contributed by atoms with Crippen molar-refractivity contribution in [3.05, 3.63) is 0 Å². The Hall–Kier alpha value is 0.430. The summed E-state index contributed by atoms with van der Waals surface area (Å²) in [4.78, 5) is 10.4. The van der Waals surface area contributed by atoms with E-state index in [2.05, 4.69) is 6.92 Å². The fourth-order valence-electron chi connectivity index (χ4n) is 2.66. The van der Waals surface area contributed by atoms with Crippen LogP contribution < -0.4 is 0 Å². The predicted octanol–water partition coefficient (Wildman–Crippen LogP) is 4.92. The van der Waals surface area contributed by atoms with E-state index in [9.17, 15) is 4.79 Å². The Labute approximate surface area is 159 Å². The monoisotopic (exact) mass is 323 g/mol. The van der Waals surface area contributed by atoms with Gasteiger partial charge in [0.2, 0.25) is 0 Å². The van der Waals surface area contributed by atoms with Crippen LogP contribution in [0.2, 0.25) is 0 Å². The minimum Gasteiger partial charge on any atom is -0.479 e. The minimum absolute atomic E-state index is 0. The van der Waals surface area contributed by atoms with E-state index in [-0.39, 0.29) is 29.6 Å². The Morgan fingerprint density at radius 1 is 0.727 bits per heavy atom. The van der Waals surface area contributed by atoms with Gasteiger partial charge in [-0.05, 0) is 6.42 Å². The summed E-state index contributed by atoms with van der Waals surface area (Å²) in [5.41, 5.74) is 0. The van der Waals surface area contributed by atoms with Gasteiger partial charge < -0.3 is 10.2 Å². The van der Waals surface area contributed by atoms with Crippen LogP contribution in [-0.2, 0) is 4.79 Å². The van der Waals surface area contributed by atoms with E-state index in [0.717, 1.165) is 12.8 Å². The van der Waals surface area contributed by atoms with Gasteiger partial charge in [0.1, 0.15) is 0 Å². The molecule has 2 N–H and O–H groups in total. The SMILES string of the molecule is CCCCCCCCCCCCCCCCC(O)C(=O)O.[Na]. The van der Waals surface area contributed by atoms with Crippen LogP contribution in [0.1, 0.15) is 103 Å². The molecular formula is C18H36NaO3. The topological polar surface area (TPSA) is 57.5 Å². The van der Waals surface area contributed by atoms with Gasteiger partial charge >= 0.3 is 5.97 Å². The molecule has 4 heteroatoms.